The van der Waals surface area contributed by atoms with Crippen molar-refractivity contribution in [1.82, 2.24) is 0 Å². The molecule has 0 atom stereocenters. The van der Waals surface area contributed by atoms with E-state index in [2.05, 4.69) is 5.32 Å². The number of benzene rings is 3. The lowest BCUT2D eigenvalue weighted by Crippen LogP contribution is -2.40. The van der Waals surface area contributed by atoms with Crippen LogP contribution < -0.4 is 5.32 Å². The Morgan fingerprint density at radius 1 is 0.750 bits per heavy atom. The summed E-state index contributed by atoms with van der Waals surface area (Å²) >= 11 is 0. The van der Waals surface area contributed by atoms with Crippen LogP contribution in [0.1, 0.15) is 29.5 Å². The molecule has 1 fully saturated rings. The highest BCUT2D eigenvalue weighted by atomic mass is 19.1. The van der Waals surface area contributed by atoms with E-state index in [4.69, 9.17) is 0 Å². The zero-order valence-electron chi connectivity index (χ0n) is 17.1. The van der Waals surface area contributed by atoms with Gasteiger partial charge >= 0.3 is 0 Å². The minimum Gasteiger partial charge on any atom is -0.325 e. The van der Waals surface area contributed by atoms with Crippen molar-refractivity contribution in [3.63, 3.8) is 0 Å². The lowest BCUT2D eigenvalue weighted by atomic mass is 9.65. The van der Waals surface area contributed by atoms with Crippen molar-refractivity contribution in [2.24, 2.45) is 0 Å². The number of amides is 1. The lowest BCUT2D eigenvalue weighted by Gasteiger charge is -2.34. The first-order valence-electron chi connectivity index (χ1n) is 10.3. The predicted molar refractivity (Wildman–Crippen MR) is 120 cm³/mol. The fourth-order valence-electron chi connectivity index (χ4n) is 4.63. The first kappa shape index (κ1) is 20.1. The molecule has 0 radical (unpaired) electrons. The third kappa shape index (κ3) is 3.46. The molecule has 5 rings (SSSR count). The van der Waals surface area contributed by atoms with Crippen LogP contribution in [0.15, 0.2) is 83.9 Å². The van der Waals surface area contributed by atoms with Gasteiger partial charge in [0.25, 0.3) is 0 Å². The molecule has 1 N–H and O–H groups in total. The largest absolute Gasteiger partial charge is 0.325 e. The van der Waals surface area contributed by atoms with E-state index in [1.54, 1.807) is 36.4 Å². The van der Waals surface area contributed by atoms with Gasteiger partial charge in [0, 0.05) is 16.8 Å². The highest BCUT2D eigenvalue weighted by Crippen LogP contribution is 2.50. The van der Waals surface area contributed by atoms with Crippen molar-refractivity contribution in [3.05, 3.63) is 112 Å². The number of Topliss-reactive ketones (excluding diaryl/α,β-unsaturated/α-hetero) is 1. The summed E-state index contributed by atoms with van der Waals surface area (Å²) in [4.78, 5) is 26.6. The second-order valence-corrected chi connectivity index (χ2v) is 8.21. The van der Waals surface area contributed by atoms with Crippen LogP contribution in [0.25, 0.3) is 12.2 Å². The number of para-hydroxylation sites is 1. The average molecular weight is 427 g/mol. The van der Waals surface area contributed by atoms with E-state index >= 15 is 0 Å². The summed E-state index contributed by atoms with van der Waals surface area (Å²) in [5.74, 6) is -1.21. The second-order valence-electron chi connectivity index (χ2n) is 8.21. The topological polar surface area (TPSA) is 46.2 Å². The molecule has 0 saturated heterocycles. The average Bonchev–Trinajstić information content (AvgIpc) is 3.02. The Labute approximate surface area is 184 Å². The number of hydrogen-bond acceptors (Lipinski definition) is 2. The molecule has 0 aromatic heterocycles. The van der Waals surface area contributed by atoms with E-state index in [1.165, 1.54) is 24.3 Å². The molecule has 0 unspecified atom stereocenters. The van der Waals surface area contributed by atoms with Gasteiger partial charge in [-0.25, -0.2) is 8.78 Å². The standard InChI is InChI=1S/C27H19F2NO2/c28-21-7-3-5-17(13-21)11-19-15-27(23-9-1-2-10-24(23)30-26(27)32)16-20(25(19)31)12-18-6-4-8-22(29)14-18/h1-14H,15-16H2,(H,30,32)/b19-11+,20-12+. The van der Waals surface area contributed by atoms with Crippen molar-refractivity contribution in [3.8, 4) is 0 Å². The number of nitrogens with one attached hydrogen (secondary N) is 1. The van der Waals surface area contributed by atoms with Crippen LogP contribution in [0.4, 0.5) is 14.5 Å². The van der Waals surface area contributed by atoms with Crippen molar-refractivity contribution in [2.75, 3.05) is 5.32 Å². The van der Waals surface area contributed by atoms with Crippen LogP contribution >= 0.6 is 0 Å². The van der Waals surface area contributed by atoms with Crippen LogP contribution in [0.5, 0.6) is 0 Å². The Kier molecular flexibility index (Phi) is 4.82. The number of ketones is 1. The Morgan fingerprint density at radius 3 is 1.88 bits per heavy atom. The summed E-state index contributed by atoms with van der Waals surface area (Å²) < 4.78 is 27.5. The Morgan fingerprint density at radius 2 is 1.31 bits per heavy atom. The molecule has 158 valence electrons. The van der Waals surface area contributed by atoms with Crippen LogP contribution in [0.3, 0.4) is 0 Å². The van der Waals surface area contributed by atoms with Gasteiger partial charge < -0.3 is 5.32 Å². The van der Waals surface area contributed by atoms with Gasteiger partial charge in [0.15, 0.2) is 5.78 Å². The Bertz CT molecular complexity index is 1250. The van der Waals surface area contributed by atoms with Gasteiger partial charge in [-0.15, -0.1) is 0 Å². The minimum atomic E-state index is -0.956. The summed E-state index contributed by atoms with van der Waals surface area (Å²) in [5.41, 5.74) is 2.51. The van der Waals surface area contributed by atoms with E-state index < -0.39 is 17.0 Å². The Hall–Kier alpha value is -3.86. The monoisotopic (exact) mass is 427 g/mol. The van der Waals surface area contributed by atoms with Gasteiger partial charge in [-0.3, -0.25) is 9.59 Å². The predicted octanol–water partition coefficient (Wildman–Crippen LogP) is 5.68. The summed E-state index contributed by atoms with van der Waals surface area (Å²) in [5, 5.41) is 2.94. The normalized spacial score (nSPS) is 22.4. The fraction of sp³-hybridized carbons (Fsp3) is 0.111. The third-order valence-electron chi connectivity index (χ3n) is 6.07. The van der Waals surface area contributed by atoms with Gasteiger partial charge in [-0.05, 0) is 72.0 Å². The number of hydrogen-bond donors (Lipinski definition) is 1. The second kappa shape index (κ2) is 7.68. The summed E-state index contributed by atoms with van der Waals surface area (Å²) in [6.45, 7) is 0. The molecule has 1 amide bonds. The molecule has 1 saturated carbocycles. The molecule has 5 heteroatoms. The number of allylic oxidation sites excluding steroid dienone is 2. The zero-order chi connectivity index (χ0) is 22.3. The number of anilines is 1. The van der Waals surface area contributed by atoms with E-state index in [1.807, 2.05) is 24.3 Å². The molecule has 0 bridgehead atoms. The van der Waals surface area contributed by atoms with Crippen LogP contribution in [-0.2, 0) is 15.0 Å². The van der Waals surface area contributed by atoms with Crippen molar-refractivity contribution < 1.29 is 18.4 Å². The molecule has 1 spiro atoms. The molecule has 3 nitrogen and oxygen atoms in total. The van der Waals surface area contributed by atoms with Gasteiger partial charge in [-0.2, -0.15) is 0 Å². The maximum Gasteiger partial charge on any atom is 0.235 e. The van der Waals surface area contributed by atoms with Gasteiger partial charge in [0.2, 0.25) is 5.91 Å². The third-order valence-corrected chi connectivity index (χ3v) is 6.07. The molecule has 3 aromatic carbocycles. The van der Waals surface area contributed by atoms with E-state index in [9.17, 15) is 18.4 Å². The Balaban J connectivity index is 1.67. The first-order chi connectivity index (χ1) is 15.4. The quantitative estimate of drug-likeness (QED) is 0.535. The molecule has 32 heavy (non-hydrogen) atoms. The number of rotatable bonds is 2. The molecule has 3 aromatic rings. The van der Waals surface area contributed by atoms with Crippen LogP contribution in [0.2, 0.25) is 0 Å². The van der Waals surface area contributed by atoms with Crippen molar-refractivity contribution in [2.45, 2.75) is 18.3 Å². The van der Waals surface area contributed by atoms with Crippen molar-refractivity contribution in [1.29, 1.82) is 0 Å². The smallest absolute Gasteiger partial charge is 0.235 e. The maximum absolute atomic E-state index is 13.7. The minimum absolute atomic E-state index is 0.179. The molecule has 1 heterocycles. The first-order valence-corrected chi connectivity index (χ1v) is 10.3. The fourth-order valence-corrected chi connectivity index (χ4v) is 4.63. The number of carbonyl (C=O) groups is 2. The molecule has 1 aliphatic carbocycles. The highest BCUT2D eigenvalue weighted by Gasteiger charge is 2.51. The zero-order valence-corrected chi connectivity index (χ0v) is 17.1. The summed E-state index contributed by atoms with van der Waals surface area (Å²) in [6, 6.07) is 19.4. The van der Waals surface area contributed by atoms with Crippen molar-refractivity contribution >= 4 is 29.5 Å². The number of carbonyl (C=O) groups excluding carboxylic acids is 2. The molecule has 2 aliphatic rings. The van der Waals surface area contributed by atoms with E-state index in [-0.39, 0.29) is 24.5 Å². The highest BCUT2D eigenvalue weighted by molar-refractivity contribution is 6.18. The lowest BCUT2D eigenvalue weighted by molar-refractivity contribution is -0.122. The molecular formula is C27H19F2NO2. The van der Waals surface area contributed by atoms with E-state index in [0.29, 0.717) is 22.3 Å². The number of fused-ring (bicyclic) bond motifs is 2. The van der Waals surface area contributed by atoms with Crippen LogP contribution in [0, 0.1) is 11.6 Å². The van der Waals surface area contributed by atoms with Crippen LogP contribution in [-0.4, -0.2) is 11.7 Å². The maximum atomic E-state index is 13.7. The van der Waals surface area contributed by atoms with Gasteiger partial charge in [0.1, 0.15) is 11.6 Å². The molecule has 1 aliphatic heterocycles. The van der Waals surface area contributed by atoms with Gasteiger partial charge in [-0.1, -0.05) is 42.5 Å². The van der Waals surface area contributed by atoms with Gasteiger partial charge in [0.05, 0.1) is 5.41 Å². The summed E-state index contributed by atoms with van der Waals surface area (Å²) in [6.07, 6.45) is 3.68. The summed E-state index contributed by atoms with van der Waals surface area (Å²) in [7, 11) is 0. The SMILES string of the molecule is O=C1/C(=C/c2cccc(F)c2)CC2(C/C1=C\c1cccc(F)c1)C(=O)Nc1ccccc12. The molecular weight excluding hydrogens is 408 g/mol. The number of halogens is 2. The van der Waals surface area contributed by atoms with E-state index in [0.717, 1.165) is 11.3 Å².